The molecule has 0 bridgehead atoms. The summed E-state index contributed by atoms with van der Waals surface area (Å²) in [6.07, 6.45) is 2.96. The SMILES string of the molecule is COc1ccc(C(NC(=O)c2cnc3sccn3c2=O)C(C)C)cc1. The van der Waals surface area contributed by atoms with Crippen LogP contribution < -0.4 is 15.6 Å². The number of hydrogen-bond acceptors (Lipinski definition) is 5. The molecular weight excluding hydrogens is 338 g/mol. The smallest absolute Gasteiger partial charge is 0.271 e. The molecule has 1 unspecified atom stereocenters. The quantitative estimate of drug-likeness (QED) is 0.762. The molecule has 2 heterocycles. The Bertz CT molecular complexity index is 944. The fourth-order valence-electron chi connectivity index (χ4n) is 2.65. The van der Waals surface area contributed by atoms with E-state index in [1.807, 2.05) is 38.1 Å². The molecule has 1 N–H and O–H groups in total. The van der Waals surface area contributed by atoms with Gasteiger partial charge in [0, 0.05) is 17.8 Å². The van der Waals surface area contributed by atoms with Gasteiger partial charge >= 0.3 is 0 Å². The topological polar surface area (TPSA) is 72.7 Å². The molecule has 2 aromatic heterocycles. The zero-order valence-corrected chi connectivity index (χ0v) is 15.0. The van der Waals surface area contributed by atoms with E-state index in [0.29, 0.717) is 4.96 Å². The molecule has 1 atom stereocenters. The van der Waals surface area contributed by atoms with Crippen molar-refractivity contribution in [1.82, 2.24) is 14.7 Å². The van der Waals surface area contributed by atoms with Crippen molar-refractivity contribution < 1.29 is 9.53 Å². The van der Waals surface area contributed by atoms with Gasteiger partial charge in [0.1, 0.15) is 11.3 Å². The molecule has 7 heteroatoms. The number of benzene rings is 1. The summed E-state index contributed by atoms with van der Waals surface area (Å²) in [5.74, 6) is 0.480. The van der Waals surface area contributed by atoms with Gasteiger partial charge in [-0.2, -0.15) is 0 Å². The summed E-state index contributed by atoms with van der Waals surface area (Å²) < 4.78 is 6.56. The van der Waals surface area contributed by atoms with Gasteiger partial charge in [-0.25, -0.2) is 4.98 Å². The van der Waals surface area contributed by atoms with Gasteiger partial charge in [0.15, 0.2) is 4.96 Å². The number of carbonyl (C=O) groups is 1. The summed E-state index contributed by atoms with van der Waals surface area (Å²) in [4.78, 5) is 29.9. The minimum atomic E-state index is -0.424. The van der Waals surface area contributed by atoms with E-state index in [4.69, 9.17) is 4.74 Å². The highest BCUT2D eigenvalue weighted by Gasteiger charge is 2.21. The summed E-state index contributed by atoms with van der Waals surface area (Å²) in [5.41, 5.74) is 0.630. The molecule has 0 aliphatic rings. The molecule has 3 aromatic rings. The van der Waals surface area contributed by atoms with Crippen LogP contribution in [-0.2, 0) is 0 Å². The second kappa shape index (κ2) is 7.06. The monoisotopic (exact) mass is 357 g/mol. The molecule has 1 aromatic carbocycles. The Hall–Kier alpha value is -2.67. The summed E-state index contributed by atoms with van der Waals surface area (Å²) in [7, 11) is 1.61. The number of carbonyl (C=O) groups excluding carboxylic acids is 1. The molecule has 6 nitrogen and oxygen atoms in total. The first-order valence-corrected chi connectivity index (χ1v) is 8.79. The molecule has 0 spiro atoms. The van der Waals surface area contributed by atoms with Crippen LogP contribution in [0.3, 0.4) is 0 Å². The van der Waals surface area contributed by atoms with Crippen molar-refractivity contribution >= 4 is 22.2 Å². The standard InChI is InChI=1S/C18H19N3O3S/c1-11(2)15(12-4-6-13(24-3)7-5-12)20-16(22)14-10-19-18-21(17(14)23)8-9-25-18/h4-11,15H,1-3H3,(H,20,22). The highest BCUT2D eigenvalue weighted by Crippen LogP contribution is 2.24. The van der Waals surface area contributed by atoms with E-state index in [-0.39, 0.29) is 23.1 Å². The maximum atomic E-state index is 12.7. The zero-order chi connectivity index (χ0) is 18.0. The van der Waals surface area contributed by atoms with Gasteiger partial charge in [-0.05, 0) is 23.6 Å². The predicted molar refractivity (Wildman–Crippen MR) is 97.4 cm³/mol. The van der Waals surface area contributed by atoms with Crippen molar-refractivity contribution in [3.63, 3.8) is 0 Å². The fraction of sp³-hybridized carbons (Fsp3) is 0.278. The van der Waals surface area contributed by atoms with Crippen LogP contribution in [0.5, 0.6) is 5.75 Å². The number of rotatable bonds is 5. The predicted octanol–water partition coefficient (Wildman–Crippen LogP) is 2.89. The van der Waals surface area contributed by atoms with Crippen molar-refractivity contribution in [3.05, 3.63) is 63.5 Å². The Morgan fingerprint density at radius 2 is 2.00 bits per heavy atom. The number of nitrogens with zero attached hydrogens (tertiary/aromatic N) is 2. The van der Waals surface area contributed by atoms with Crippen LogP contribution in [0.4, 0.5) is 0 Å². The Balaban J connectivity index is 1.89. The fourth-order valence-corrected chi connectivity index (χ4v) is 3.32. The van der Waals surface area contributed by atoms with E-state index in [0.717, 1.165) is 11.3 Å². The zero-order valence-electron chi connectivity index (χ0n) is 14.2. The van der Waals surface area contributed by atoms with E-state index >= 15 is 0 Å². The summed E-state index contributed by atoms with van der Waals surface area (Å²) in [6.45, 7) is 4.03. The molecule has 1 amide bonds. The lowest BCUT2D eigenvalue weighted by atomic mass is 9.95. The van der Waals surface area contributed by atoms with E-state index in [1.54, 1.807) is 18.7 Å². The average Bonchev–Trinajstić information content (AvgIpc) is 3.09. The van der Waals surface area contributed by atoms with Crippen molar-refractivity contribution in [1.29, 1.82) is 0 Å². The number of aromatic nitrogens is 2. The Morgan fingerprint density at radius 3 is 2.64 bits per heavy atom. The van der Waals surface area contributed by atoms with Crippen molar-refractivity contribution in [2.45, 2.75) is 19.9 Å². The van der Waals surface area contributed by atoms with Crippen LogP contribution in [0, 0.1) is 5.92 Å². The molecule has 130 valence electrons. The number of fused-ring (bicyclic) bond motifs is 1. The van der Waals surface area contributed by atoms with Gasteiger partial charge in [-0.3, -0.25) is 14.0 Å². The minimum Gasteiger partial charge on any atom is -0.497 e. The molecular formula is C18H19N3O3S. The lowest BCUT2D eigenvalue weighted by Crippen LogP contribution is -2.35. The molecule has 0 saturated heterocycles. The number of methoxy groups -OCH3 is 1. The van der Waals surface area contributed by atoms with E-state index in [9.17, 15) is 9.59 Å². The van der Waals surface area contributed by atoms with E-state index in [2.05, 4.69) is 10.3 Å². The molecule has 0 saturated carbocycles. The highest BCUT2D eigenvalue weighted by atomic mass is 32.1. The van der Waals surface area contributed by atoms with Crippen LogP contribution in [0.1, 0.15) is 35.8 Å². The second-order valence-electron chi connectivity index (χ2n) is 6.00. The first-order valence-electron chi connectivity index (χ1n) is 7.91. The Morgan fingerprint density at radius 1 is 1.28 bits per heavy atom. The maximum Gasteiger partial charge on any atom is 0.271 e. The number of ether oxygens (including phenoxy) is 1. The number of thiazole rings is 1. The molecule has 0 aliphatic heterocycles. The summed E-state index contributed by atoms with van der Waals surface area (Å²) >= 11 is 1.35. The third kappa shape index (κ3) is 3.41. The number of hydrogen-bond donors (Lipinski definition) is 1. The van der Waals surface area contributed by atoms with Gasteiger partial charge in [-0.15, -0.1) is 11.3 Å². The van der Waals surface area contributed by atoms with Gasteiger partial charge < -0.3 is 10.1 Å². The van der Waals surface area contributed by atoms with Crippen LogP contribution in [0.15, 0.2) is 46.8 Å². The normalized spacial score (nSPS) is 12.3. The highest BCUT2D eigenvalue weighted by molar-refractivity contribution is 7.15. The second-order valence-corrected chi connectivity index (χ2v) is 6.87. The Labute approximate surface area is 149 Å². The van der Waals surface area contributed by atoms with E-state index < -0.39 is 5.91 Å². The summed E-state index contributed by atoms with van der Waals surface area (Å²) in [5, 5.41) is 4.72. The molecule has 0 radical (unpaired) electrons. The average molecular weight is 357 g/mol. The van der Waals surface area contributed by atoms with Gasteiger partial charge in [-0.1, -0.05) is 26.0 Å². The van der Waals surface area contributed by atoms with Gasteiger partial charge in [0.25, 0.3) is 11.5 Å². The lowest BCUT2D eigenvalue weighted by Gasteiger charge is -2.23. The van der Waals surface area contributed by atoms with Gasteiger partial charge in [0.2, 0.25) is 0 Å². The van der Waals surface area contributed by atoms with Gasteiger partial charge in [0.05, 0.1) is 13.2 Å². The molecule has 3 rings (SSSR count). The first-order chi connectivity index (χ1) is 12.0. The summed E-state index contributed by atoms with van der Waals surface area (Å²) in [6, 6.07) is 7.31. The number of amides is 1. The van der Waals surface area contributed by atoms with Crippen LogP contribution in [-0.4, -0.2) is 22.4 Å². The molecule has 25 heavy (non-hydrogen) atoms. The largest absolute Gasteiger partial charge is 0.497 e. The van der Waals surface area contributed by atoms with Crippen LogP contribution in [0.25, 0.3) is 4.96 Å². The van der Waals surface area contributed by atoms with Crippen LogP contribution in [0.2, 0.25) is 0 Å². The third-order valence-electron chi connectivity index (χ3n) is 4.02. The first kappa shape index (κ1) is 17.2. The van der Waals surface area contributed by atoms with Crippen molar-refractivity contribution in [2.24, 2.45) is 5.92 Å². The molecule has 0 fully saturated rings. The third-order valence-corrected chi connectivity index (χ3v) is 4.79. The minimum absolute atomic E-state index is 0.0371. The van der Waals surface area contributed by atoms with Crippen LogP contribution >= 0.6 is 11.3 Å². The number of nitrogens with one attached hydrogen (secondary N) is 1. The lowest BCUT2D eigenvalue weighted by molar-refractivity contribution is 0.0923. The van der Waals surface area contributed by atoms with Crippen molar-refractivity contribution in [2.75, 3.05) is 7.11 Å². The van der Waals surface area contributed by atoms with E-state index in [1.165, 1.54) is 21.9 Å². The molecule has 0 aliphatic carbocycles. The van der Waals surface area contributed by atoms with Crippen molar-refractivity contribution in [3.8, 4) is 5.75 Å². The Kier molecular flexibility index (Phi) is 4.85. The maximum absolute atomic E-state index is 12.7.